The SMILES string of the molecule is COC(=O)c1ccc(O)c(C[P+](c2ccccc2)(c2ccccc2)c2ccccc2)c1.[Br-]. The van der Waals surface area contributed by atoms with Crippen molar-refractivity contribution in [2.45, 2.75) is 6.16 Å². The van der Waals surface area contributed by atoms with Crippen LogP contribution in [0.25, 0.3) is 0 Å². The van der Waals surface area contributed by atoms with Crippen molar-refractivity contribution in [2.24, 2.45) is 0 Å². The fraction of sp³-hybridized carbons (Fsp3) is 0.0741. The average molecular weight is 507 g/mol. The molecule has 4 rings (SSSR count). The summed E-state index contributed by atoms with van der Waals surface area (Å²) in [5, 5.41) is 14.4. The molecule has 0 saturated carbocycles. The number of rotatable bonds is 6. The molecule has 1 N–H and O–H groups in total. The number of ether oxygens (including phenoxy) is 1. The summed E-state index contributed by atoms with van der Waals surface area (Å²) >= 11 is 0. The molecule has 0 aromatic heterocycles. The molecule has 0 saturated heterocycles. The highest BCUT2D eigenvalue weighted by molar-refractivity contribution is 7.95. The minimum atomic E-state index is -2.17. The van der Waals surface area contributed by atoms with Crippen LogP contribution in [0.4, 0.5) is 0 Å². The number of phenolic OH excluding ortho intramolecular Hbond substituents is 1. The monoisotopic (exact) mass is 506 g/mol. The first-order valence-electron chi connectivity index (χ1n) is 10.1. The summed E-state index contributed by atoms with van der Waals surface area (Å²) < 4.78 is 4.90. The molecule has 0 aliphatic rings. The number of carbonyl (C=O) groups excluding carboxylic acids is 1. The Morgan fingerprint density at radius 3 is 1.59 bits per heavy atom. The van der Waals surface area contributed by atoms with Gasteiger partial charge in [0.1, 0.15) is 35.1 Å². The second-order valence-electron chi connectivity index (χ2n) is 7.31. The smallest absolute Gasteiger partial charge is 0.337 e. The Balaban J connectivity index is 0.00000289. The number of methoxy groups -OCH3 is 1. The third kappa shape index (κ3) is 4.62. The molecule has 5 heteroatoms. The van der Waals surface area contributed by atoms with Gasteiger partial charge in [0.2, 0.25) is 0 Å². The van der Waals surface area contributed by atoms with E-state index in [1.54, 1.807) is 18.2 Å². The number of aromatic hydroxyl groups is 1. The lowest BCUT2D eigenvalue weighted by molar-refractivity contribution is -0.0000216. The van der Waals surface area contributed by atoms with Gasteiger partial charge in [0, 0.05) is 5.56 Å². The first-order valence-corrected chi connectivity index (χ1v) is 12.1. The highest BCUT2D eigenvalue weighted by atomic mass is 79.9. The van der Waals surface area contributed by atoms with Crippen LogP contribution < -0.4 is 32.9 Å². The quantitative estimate of drug-likeness (QED) is 0.319. The number of carbonyl (C=O) groups is 1. The van der Waals surface area contributed by atoms with Crippen LogP contribution in [-0.4, -0.2) is 18.2 Å². The van der Waals surface area contributed by atoms with E-state index in [1.807, 2.05) is 18.2 Å². The lowest BCUT2D eigenvalue weighted by atomic mass is 10.1. The number of hydrogen-bond acceptors (Lipinski definition) is 3. The minimum absolute atomic E-state index is 0. The largest absolute Gasteiger partial charge is 1.00 e. The molecule has 3 nitrogen and oxygen atoms in total. The normalized spacial score (nSPS) is 10.8. The summed E-state index contributed by atoms with van der Waals surface area (Å²) in [6, 6.07) is 36.3. The second-order valence-corrected chi connectivity index (χ2v) is 10.8. The van der Waals surface area contributed by atoms with Crippen molar-refractivity contribution in [1.82, 2.24) is 0 Å². The average Bonchev–Trinajstić information content (AvgIpc) is 2.85. The summed E-state index contributed by atoms with van der Waals surface area (Å²) in [6.45, 7) is 0. The third-order valence-electron chi connectivity index (χ3n) is 5.50. The van der Waals surface area contributed by atoms with Gasteiger partial charge in [-0.05, 0) is 54.6 Å². The van der Waals surface area contributed by atoms with Gasteiger partial charge in [0.15, 0.2) is 0 Å². The second kappa shape index (κ2) is 10.6. The molecular weight excluding hydrogens is 483 g/mol. The van der Waals surface area contributed by atoms with E-state index < -0.39 is 13.2 Å². The van der Waals surface area contributed by atoms with E-state index in [-0.39, 0.29) is 22.7 Å². The molecule has 4 aromatic rings. The maximum atomic E-state index is 12.2. The summed E-state index contributed by atoms with van der Waals surface area (Å²) in [5.74, 6) is -0.232. The Kier molecular flexibility index (Phi) is 7.84. The highest BCUT2D eigenvalue weighted by Gasteiger charge is 2.46. The Bertz CT molecular complexity index is 1070. The van der Waals surface area contributed by atoms with Crippen LogP contribution in [0, 0.1) is 0 Å². The molecule has 0 aliphatic carbocycles. The van der Waals surface area contributed by atoms with Crippen LogP contribution in [0.2, 0.25) is 0 Å². The summed E-state index contributed by atoms with van der Waals surface area (Å²) in [5.41, 5.74) is 1.16. The zero-order chi connectivity index (χ0) is 21.7. The summed E-state index contributed by atoms with van der Waals surface area (Å²) in [7, 11) is -0.808. The fourth-order valence-electron chi connectivity index (χ4n) is 3.98. The first kappa shape index (κ1) is 23.7. The van der Waals surface area contributed by atoms with Gasteiger partial charge in [-0.3, -0.25) is 0 Å². The molecule has 0 heterocycles. The van der Waals surface area contributed by atoms with Gasteiger partial charge in [-0.15, -0.1) is 0 Å². The van der Waals surface area contributed by atoms with Gasteiger partial charge in [-0.1, -0.05) is 54.6 Å². The third-order valence-corrected chi connectivity index (χ3v) is 9.85. The lowest BCUT2D eigenvalue weighted by Crippen LogP contribution is -3.00. The van der Waals surface area contributed by atoms with Crippen molar-refractivity contribution in [1.29, 1.82) is 0 Å². The molecule has 0 unspecified atom stereocenters. The van der Waals surface area contributed by atoms with Gasteiger partial charge in [0.05, 0.1) is 12.7 Å². The Morgan fingerprint density at radius 1 is 0.750 bits per heavy atom. The zero-order valence-corrected chi connectivity index (χ0v) is 20.2. The van der Waals surface area contributed by atoms with Gasteiger partial charge < -0.3 is 26.8 Å². The molecule has 4 aromatic carbocycles. The van der Waals surface area contributed by atoms with Gasteiger partial charge >= 0.3 is 5.97 Å². The number of esters is 1. The molecule has 0 aliphatic heterocycles. The van der Waals surface area contributed by atoms with Crippen LogP contribution in [0.1, 0.15) is 15.9 Å². The molecule has 0 amide bonds. The maximum Gasteiger partial charge on any atom is 0.337 e. The first-order chi connectivity index (χ1) is 15.1. The topological polar surface area (TPSA) is 46.5 Å². The van der Waals surface area contributed by atoms with Crippen molar-refractivity contribution >= 4 is 29.1 Å². The molecule has 0 bridgehead atoms. The van der Waals surface area contributed by atoms with E-state index in [0.717, 1.165) is 5.56 Å². The van der Waals surface area contributed by atoms with Crippen LogP contribution in [0.15, 0.2) is 109 Å². The summed E-state index contributed by atoms with van der Waals surface area (Å²) in [6.07, 6.45) is 0.585. The summed E-state index contributed by atoms with van der Waals surface area (Å²) in [4.78, 5) is 12.2. The van der Waals surface area contributed by atoms with Gasteiger partial charge in [-0.25, -0.2) is 4.79 Å². The lowest BCUT2D eigenvalue weighted by Gasteiger charge is -2.28. The standard InChI is InChI=1S/C27H23O3P.BrH/c1-30-27(29)21-17-18-26(28)22(19-21)20-31(23-11-5-2-6-12-23,24-13-7-3-8-14-24)25-15-9-4-10-16-25;/h2-19H,20H2,1H3;1H. The Morgan fingerprint density at radius 2 is 1.19 bits per heavy atom. The van der Waals surface area contributed by atoms with E-state index in [2.05, 4.69) is 72.8 Å². The van der Waals surface area contributed by atoms with Crippen molar-refractivity contribution < 1.29 is 31.6 Å². The van der Waals surface area contributed by atoms with Crippen LogP contribution in [0.5, 0.6) is 5.75 Å². The molecular formula is C27H24BrO3P. The molecule has 162 valence electrons. The van der Waals surface area contributed by atoms with Crippen molar-refractivity contribution in [3.63, 3.8) is 0 Å². The van der Waals surface area contributed by atoms with E-state index in [4.69, 9.17) is 4.74 Å². The molecule has 0 atom stereocenters. The van der Waals surface area contributed by atoms with Gasteiger partial charge in [0.25, 0.3) is 0 Å². The number of hydrogen-bond donors (Lipinski definition) is 1. The number of benzene rings is 4. The number of phenols is 1. The zero-order valence-electron chi connectivity index (χ0n) is 17.7. The van der Waals surface area contributed by atoms with Crippen molar-refractivity contribution in [3.8, 4) is 5.75 Å². The molecule has 0 spiro atoms. The van der Waals surface area contributed by atoms with E-state index in [9.17, 15) is 9.90 Å². The van der Waals surface area contributed by atoms with Crippen molar-refractivity contribution in [2.75, 3.05) is 7.11 Å². The van der Waals surface area contributed by atoms with Crippen LogP contribution in [-0.2, 0) is 10.9 Å². The van der Waals surface area contributed by atoms with E-state index >= 15 is 0 Å². The Hall–Kier alpha value is -2.94. The molecule has 0 fully saturated rings. The molecule has 32 heavy (non-hydrogen) atoms. The van der Waals surface area contributed by atoms with Crippen LogP contribution in [0.3, 0.4) is 0 Å². The van der Waals surface area contributed by atoms with E-state index in [1.165, 1.54) is 23.0 Å². The van der Waals surface area contributed by atoms with Crippen LogP contribution >= 0.6 is 7.26 Å². The molecule has 0 radical (unpaired) electrons. The fourth-order valence-corrected chi connectivity index (χ4v) is 8.23. The van der Waals surface area contributed by atoms with E-state index in [0.29, 0.717) is 11.7 Å². The number of halogens is 1. The minimum Gasteiger partial charge on any atom is -1.00 e. The van der Waals surface area contributed by atoms with Crippen molar-refractivity contribution in [3.05, 3.63) is 120 Å². The van der Waals surface area contributed by atoms with Gasteiger partial charge in [-0.2, -0.15) is 0 Å². The highest BCUT2D eigenvalue weighted by Crippen LogP contribution is 2.58. The predicted octanol–water partition coefficient (Wildman–Crippen LogP) is 1.68. The maximum absolute atomic E-state index is 12.2. The Labute approximate surface area is 199 Å². The predicted molar refractivity (Wildman–Crippen MR) is 128 cm³/mol.